The number of rotatable bonds is 3. The molecule has 1 amide bonds. The predicted molar refractivity (Wildman–Crippen MR) is 106 cm³/mol. The Morgan fingerprint density at radius 2 is 1.96 bits per heavy atom. The summed E-state index contributed by atoms with van der Waals surface area (Å²) in [4.78, 5) is 25.6. The first-order chi connectivity index (χ1) is 13.1. The van der Waals surface area contributed by atoms with Gasteiger partial charge in [-0.25, -0.2) is 0 Å². The number of thiophene rings is 1. The third kappa shape index (κ3) is 3.05. The van der Waals surface area contributed by atoms with Crippen molar-refractivity contribution in [1.29, 1.82) is 5.26 Å². The van der Waals surface area contributed by atoms with Crippen molar-refractivity contribution in [2.75, 3.05) is 5.32 Å². The van der Waals surface area contributed by atoms with Gasteiger partial charge >= 0.3 is 0 Å². The monoisotopic (exact) mass is 372 g/mol. The van der Waals surface area contributed by atoms with E-state index < -0.39 is 0 Å². The number of carbonyl (C=O) groups excluding carboxylic acids is 2. The molecule has 0 bridgehead atoms. The van der Waals surface area contributed by atoms with E-state index in [2.05, 4.69) is 30.4 Å². The van der Waals surface area contributed by atoms with E-state index in [4.69, 9.17) is 5.26 Å². The van der Waals surface area contributed by atoms with Crippen molar-refractivity contribution in [3.8, 4) is 17.2 Å². The van der Waals surface area contributed by atoms with Crippen LogP contribution in [0.4, 0.5) is 5.00 Å². The summed E-state index contributed by atoms with van der Waals surface area (Å²) in [5.74, 6) is -0.287. The summed E-state index contributed by atoms with van der Waals surface area (Å²) >= 11 is 1.47. The smallest absolute Gasteiger partial charge is 0.256 e. The minimum atomic E-state index is -0.287. The molecule has 0 saturated heterocycles. The maximum absolute atomic E-state index is 12.6. The van der Waals surface area contributed by atoms with Gasteiger partial charge in [-0.15, -0.1) is 11.3 Å². The zero-order chi connectivity index (χ0) is 19.0. The molecule has 0 radical (unpaired) electrons. The van der Waals surface area contributed by atoms with Crippen molar-refractivity contribution < 1.29 is 9.59 Å². The lowest BCUT2D eigenvalue weighted by atomic mass is 9.87. The number of benzene rings is 2. The molecular weight excluding hydrogens is 356 g/mol. The number of carbonyl (C=O) groups is 2. The second-order valence-electron chi connectivity index (χ2n) is 6.56. The number of hydrogen-bond acceptors (Lipinski definition) is 4. The molecule has 1 aromatic heterocycles. The van der Waals surface area contributed by atoms with Crippen LogP contribution in [0.25, 0.3) is 11.1 Å². The Labute approximate surface area is 161 Å². The molecule has 5 heteroatoms. The van der Waals surface area contributed by atoms with Gasteiger partial charge in [-0.2, -0.15) is 5.26 Å². The first-order valence-electron chi connectivity index (χ1n) is 8.63. The summed E-state index contributed by atoms with van der Waals surface area (Å²) in [6, 6.07) is 14.7. The number of nitrogens with zero attached hydrogens (tertiary/aromatic N) is 1. The summed E-state index contributed by atoms with van der Waals surface area (Å²) in [6.45, 7) is 2.06. The van der Waals surface area contributed by atoms with Crippen LogP contribution in [0.3, 0.4) is 0 Å². The zero-order valence-corrected chi connectivity index (χ0v) is 15.5. The van der Waals surface area contributed by atoms with Crippen LogP contribution in [0.1, 0.15) is 42.3 Å². The number of nitrogens with one attached hydrogen (secondary N) is 1. The summed E-state index contributed by atoms with van der Waals surface area (Å²) in [5.41, 5.74) is 5.97. The summed E-state index contributed by atoms with van der Waals surface area (Å²) < 4.78 is 0. The minimum absolute atomic E-state index is 0.287. The Hall–Kier alpha value is -3.23. The van der Waals surface area contributed by atoms with E-state index in [1.54, 1.807) is 24.3 Å². The van der Waals surface area contributed by atoms with Crippen LogP contribution in [-0.2, 0) is 12.8 Å². The molecule has 1 N–H and O–H groups in total. The molecular formula is C22H16N2O2S. The van der Waals surface area contributed by atoms with E-state index in [1.807, 2.05) is 6.07 Å². The Morgan fingerprint density at radius 3 is 2.67 bits per heavy atom. The van der Waals surface area contributed by atoms with Gasteiger partial charge < -0.3 is 5.32 Å². The summed E-state index contributed by atoms with van der Waals surface area (Å²) in [6.07, 6.45) is 2.63. The molecule has 1 aliphatic carbocycles. The number of nitriles is 1. The maximum atomic E-state index is 12.6. The van der Waals surface area contributed by atoms with E-state index in [0.717, 1.165) is 35.1 Å². The molecule has 0 aliphatic heterocycles. The highest BCUT2D eigenvalue weighted by molar-refractivity contribution is 7.17. The fourth-order valence-electron chi connectivity index (χ4n) is 3.46. The van der Waals surface area contributed by atoms with Crippen molar-refractivity contribution in [1.82, 2.24) is 0 Å². The second kappa shape index (κ2) is 6.82. The Kier molecular flexibility index (Phi) is 4.35. The Bertz CT molecular complexity index is 1100. The van der Waals surface area contributed by atoms with Gasteiger partial charge in [0.15, 0.2) is 6.29 Å². The van der Waals surface area contributed by atoms with Gasteiger partial charge in [0, 0.05) is 16.0 Å². The van der Waals surface area contributed by atoms with Crippen molar-refractivity contribution in [3.05, 3.63) is 75.2 Å². The van der Waals surface area contributed by atoms with E-state index in [-0.39, 0.29) is 5.91 Å². The molecule has 0 fully saturated rings. The van der Waals surface area contributed by atoms with Gasteiger partial charge in [-0.05, 0) is 55.2 Å². The minimum Gasteiger partial charge on any atom is -0.313 e. The summed E-state index contributed by atoms with van der Waals surface area (Å²) in [7, 11) is 0. The maximum Gasteiger partial charge on any atom is 0.256 e. The highest BCUT2D eigenvalue weighted by Gasteiger charge is 2.25. The van der Waals surface area contributed by atoms with Gasteiger partial charge in [-0.1, -0.05) is 23.8 Å². The molecule has 1 aliphatic rings. The van der Waals surface area contributed by atoms with Crippen LogP contribution in [0.2, 0.25) is 0 Å². The van der Waals surface area contributed by atoms with Gasteiger partial charge in [-0.3, -0.25) is 9.59 Å². The highest BCUT2D eigenvalue weighted by Crippen LogP contribution is 2.44. The van der Waals surface area contributed by atoms with Crippen LogP contribution >= 0.6 is 11.3 Å². The molecule has 1 heterocycles. The Morgan fingerprint density at radius 1 is 1.19 bits per heavy atom. The SMILES string of the molecule is Cc1ccc2c(c1)CCc1sc(NC(=O)c3ccc(C#N)cc3)c(C=O)c1-2. The number of fused-ring (bicyclic) bond motifs is 3. The van der Waals surface area contributed by atoms with Gasteiger partial charge in [0.05, 0.1) is 17.2 Å². The van der Waals surface area contributed by atoms with E-state index in [1.165, 1.54) is 22.5 Å². The van der Waals surface area contributed by atoms with Crippen molar-refractivity contribution >= 4 is 28.5 Å². The molecule has 3 aromatic rings. The molecule has 4 nitrogen and oxygen atoms in total. The van der Waals surface area contributed by atoms with Crippen molar-refractivity contribution in [2.45, 2.75) is 19.8 Å². The van der Waals surface area contributed by atoms with Crippen LogP contribution in [0.15, 0.2) is 42.5 Å². The van der Waals surface area contributed by atoms with E-state index in [9.17, 15) is 9.59 Å². The lowest BCUT2D eigenvalue weighted by Gasteiger charge is -2.17. The molecule has 0 atom stereocenters. The van der Waals surface area contributed by atoms with Gasteiger partial charge in [0.2, 0.25) is 0 Å². The third-order valence-electron chi connectivity index (χ3n) is 4.79. The molecule has 0 spiro atoms. The standard InChI is InChI=1S/C22H16N2O2S/c1-13-2-8-17-16(10-13)7-9-19-20(17)18(12-25)22(27-19)24-21(26)15-5-3-14(11-23)4-6-15/h2-6,8,10,12H,7,9H2,1H3,(H,24,26). The topological polar surface area (TPSA) is 70.0 Å². The van der Waals surface area contributed by atoms with Crippen LogP contribution in [0.5, 0.6) is 0 Å². The number of aryl methyl sites for hydroxylation is 3. The zero-order valence-electron chi connectivity index (χ0n) is 14.7. The predicted octanol–water partition coefficient (Wildman–Crippen LogP) is 4.76. The largest absolute Gasteiger partial charge is 0.313 e. The fraction of sp³-hybridized carbons (Fsp3) is 0.136. The highest BCUT2D eigenvalue weighted by atomic mass is 32.1. The van der Waals surface area contributed by atoms with Crippen molar-refractivity contribution in [3.63, 3.8) is 0 Å². The summed E-state index contributed by atoms with van der Waals surface area (Å²) in [5, 5.41) is 12.3. The molecule has 0 unspecified atom stereocenters. The average Bonchev–Trinajstić information content (AvgIpc) is 3.05. The first kappa shape index (κ1) is 17.2. The molecule has 27 heavy (non-hydrogen) atoms. The van der Waals surface area contributed by atoms with Crippen LogP contribution in [0, 0.1) is 18.3 Å². The number of aldehydes is 1. The van der Waals surface area contributed by atoms with E-state index >= 15 is 0 Å². The third-order valence-corrected chi connectivity index (χ3v) is 5.97. The lowest BCUT2D eigenvalue weighted by Crippen LogP contribution is -2.12. The first-order valence-corrected chi connectivity index (χ1v) is 9.44. The average molecular weight is 372 g/mol. The van der Waals surface area contributed by atoms with Gasteiger partial charge in [0.1, 0.15) is 5.00 Å². The number of amides is 1. The quantitative estimate of drug-likeness (QED) is 0.674. The van der Waals surface area contributed by atoms with Crippen LogP contribution < -0.4 is 5.32 Å². The number of hydrogen-bond donors (Lipinski definition) is 1. The Balaban J connectivity index is 1.71. The number of anilines is 1. The normalized spacial score (nSPS) is 11.9. The lowest BCUT2D eigenvalue weighted by molar-refractivity contribution is 0.102. The van der Waals surface area contributed by atoms with Gasteiger partial charge in [0.25, 0.3) is 5.91 Å². The molecule has 0 saturated carbocycles. The molecule has 4 rings (SSSR count). The molecule has 2 aromatic carbocycles. The second-order valence-corrected chi connectivity index (χ2v) is 7.67. The molecule has 132 valence electrons. The van der Waals surface area contributed by atoms with Crippen LogP contribution in [-0.4, -0.2) is 12.2 Å². The fourth-order valence-corrected chi connectivity index (χ4v) is 4.64. The van der Waals surface area contributed by atoms with Crippen molar-refractivity contribution in [2.24, 2.45) is 0 Å². The van der Waals surface area contributed by atoms with E-state index in [0.29, 0.717) is 21.7 Å².